The van der Waals surface area contributed by atoms with Crippen molar-refractivity contribution in [3.05, 3.63) is 48.5 Å². The molecule has 2 aromatic carbocycles. The maximum atomic E-state index is 12.8. The van der Waals surface area contributed by atoms with E-state index < -0.39 is 5.25 Å². The molecule has 1 atom stereocenters. The Bertz CT molecular complexity index is 946. The Labute approximate surface area is 186 Å². The van der Waals surface area contributed by atoms with E-state index in [9.17, 15) is 9.59 Å². The standard InChI is InChI=1S/C23H27N3O4S/c1-4-26-22(28)20(15-21(27)24-17-8-7-9-19(14-17)30-6-3)31-23(26)25-16-10-12-18(13-11-16)29-5-2/h7-14,20H,4-6,15H2,1-3H3,(H,24,27). The van der Waals surface area contributed by atoms with Gasteiger partial charge in [-0.15, -0.1) is 0 Å². The minimum absolute atomic E-state index is 0.0706. The lowest BCUT2D eigenvalue weighted by Crippen LogP contribution is -2.33. The van der Waals surface area contributed by atoms with Crippen molar-refractivity contribution in [2.75, 3.05) is 25.1 Å². The van der Waals surface area contributed by atoms with E-state index in [4.69, 9.17) is 9.47 Å². The van der Waals surface area contributed by atoms with Crippen LogP contribution in [0.4, 0.5) is 11.4 Å². The Kier molecular flexibility index (Phi) is 7.94. The van der Waals surface area contributed by atoms with Crippen LogP contribution in [0.15, 0.2) is 53.5 Å². The van der Waals surface area contributed by atoms with Gasteiger partial charge in [0.05, 0.1) is 18.9 Å². The molecule has 2 aromatic rings. The van der Waals surface area contributed by atoms with Crippen LogP contribution in [-0.2, 0) is 9.59 Å². The van der Waals surface area contributed by atoms with Gasteiger partial charge in [0.1, 0.15) is 16.7 Å². The Balaban J connectivity index is 1.66. The molecule has 1 aliphatic heterocycles. The molecular weight excluding hydrogens is 414 g/mol. The van der Waals surface area contributed by atoms with Gasteiger partial charge < -0.3 is 14.8 Å². The summed E-state index contributed by atoms with van der Waals surface area (Å²) < 4.78 is 10.9. The fourth-order valence-corrected chi connectivity index (χ4v) is 4.34. The second-order valence-electron chi connectivity index (χ2n) is 6.72. The van der Waals surface area contributed by atoms with Crippen LogP contribution in [0.5, 0.6) is 11.5 Å². The van der Waals surface area contributed by atoms with Crippen molar-refractivity contribution in [3.8, 4) is 11.5 Å². The molecule has 164 valence electrons. The van der Waals surface area contributed by atoms with Crippen molar-refractivity contribution in [2.45, 2.75) is 32.4 Å². The van der Waals surface area contributed by atoms with E-state index in [2.05, 4.69) is 10.3 Å². The van der Waals surface area contributed by atoms with Crippen LogP contribution in [0.3, 0.4) is 0 Å². The molecule has 0 saturated carbocycles. The molecule has 7 nitrogen and oxygen atoms in total. The number of hydrogen-bond donors (Lipinski definition) is 1. The number of ether oxygens (including phenoxy) is 2. The number of carbonyl (C=O) groups excluding carboxylic acids is 2. The highest BCUT2D eigenvalue weighted by Crippen LogP contribution is 2.32. The molecule has 1 saturated heterocycles. The lowest BCUT2D eigenvalue weighted by atomic mass is 10.2. The lowest BCUT2D eigenvalue weighted by Gasteiger charge is -2.13. The molecule has 1 aliphatic rings. The van der Waals surface area contributed by atoms with Gasteiger partial charge >= 0.3 is 0 Å². The fraction of sp³-hybridized carbons (Fsp3) is 0.348. The number of hydrogen-bond acceptors (Lipinski definition) is 6. The summed E-state index contributed by atoms with van der Waals surface area (Å²) in [7, 11) is 0. The number of nitrogens with one attached hydrogen (secondary N) is 1. The van der Waals surface area contributed by atoms with Crippen molar-refractivity contribution in [1.29, 1.82) is 0 Å². The SMILES string of the molecule is CCOc1ccc(N=C2SC(CC(=O)Nc3cccc(OCC)c3)C(=O)N2CC)cc1. The smallest absolute Gasteiger partial charge is 0.242 e. The lowest BCUT2D eigenvalue weighted by molar-refractivity contribution is -0.128. The van der Waals surface area contributed by atoms with Gasteiger partial charge in [-0.3, -0.25) is 14.5 Å². The highest BCUT2D eigenvalue weighted by molar-refractivity contribution is 8.15. The first-order valence-electron chi connectivity index (χ1n) is 10.4. The number of rotatable bonds is 9. The summed E-state index contributed by atoms with van der Waals surface area (Å²) in [6.07, 6.45) is 0.0706. The zero-order valence-corrected chi connectivity index (χ0v) is 18.8. The van der Waals surface area contributed by atoms with Crippen LogP contribution in [0.2, 0.25) is 0 Å². The van der Waals surface area contributed by atoms with Gasteiger partial charge in [0.2, 0.25) is 11.8 Å². The first-order chi connectivity index (χ1) is 15.0. The molecule has 0 aliphatic carbocycles. The van der Waals surface area contributed by atoms with Gasteiger partial charge in [-0.2, -0.15) is 0 Å². The number of thioether (sulfide) groups is 1. The number of carbonyl (C=O) groups is 2. The highest BCUT2D eigenvalue weighted by atomic mass is 32.2. The van der Waals surface area contributed by atoms with E-state index in [-0.39, 0.29) is 18.2 Å². The largest absolute Gasteiger partial charge is 0.494 e. The quantitative estimate of drug-likeness (QED) is 0.621. The summed E-state index contributed by atoms with van der Waals surface area (Å²) in [6.45, 7) is 7.37. The van der Waals surface area contributed by atoms with Crippen LogP contribution in [0.1, 0.15) is 27.2 Å². The third-order valence-electron chi connectivity index (χ3n) is 4.51. The molecule has 1 unspecified atom stereocenters. The maximum absolute atomic E-state index is 12.8. The van der Waals surface area contributed by atoms with Crippen molar-refractivity contribution >= 4 is 40.1 Å². The first-order valence-corrected chi connectivity index (χ1v) is 11.2. The molecular formula is C23H27N3O4S. The van der Waals surface area contributed by atoms with E-state index in [1.807, 2.05) is 57.2 Å². The number of anilines is 1. The van der Waals surface area contributed by atoms with E-state index in [0.29, 0.717) is 36.4 Å². The molecule has 1 N–H and O–H groups in total. The van der Waals surface area contributed by atoms with Gasteiger partial charge in [0.25, 0.3) is 0 Å². The van der Waals surface area contributed by atoms with Crippen LogP contribution < -0.4 is 14.8 Å². The van der Waals surface area contributed by atoms with E-state index in [1.54, 1.807) is 17.0 Å². The highest BCUT2D eigenvalue weighted by Gasteiger charge is 2.38. The Morgan fingerprint density at radius 1 is 1.06 bits per heavy atom. The third kappa shape index (κ3) is 6.01. The number of benzene rings is 2. The normalized spacial score (nSPS) is 17.1. The first kappa shape index (κ1) is 22.7. The average molecular weight is 442 g/mol. The number of aliphatic imine (C=N–C) groups is 1. The molecule has 0 bridgehead atoms. The predicted molar refractivity (Wildman–Crippen MR) is 124 cm³/mol. The summed E-state index contributed by atoms with van der Waals surface area (Å²) >= 11 is 1.32. The van der Waals surface area contributed by atoms with Crippen LogP contribution in [0.25, 0.3) is 0 Å². The molecule has 1 heterocycles. The maximum Gasteiger partial charge on any atom is 0.242 e. The third-order valence-corrected chi connectivity index (χ3v) is 5.68. The van der Waals surface area contributed by atoms with E-state index >= 15 is 0 Å². The minimum Gasteiger partial charge on any atom is -0.494 e. The van der Waals surface area contributed by atoms with E-state index in [0.717, 1.165) is 11.4 Å². The number of nitrogens with zero attached hydrogens (tertiary/aromatic N) is 2. The molecule has 8 heteroatoms. The van der Waals surface area contributed by atoms with Crippen molar-refractivity contribution in [2.24, 2.45) is 4.99 Å². The summed E-state index contributed by atoms with van der Waals surface area (Å²) in [6, 6.07) is 14.6. The number of amides is 2. The van der Waals surface area contributed by atoms with Gasteiger partial charge in [0, 0.05) is 24.7 Å². The summed E-state index contributed by atoms with van der Waals surface area (Å²) in [5, 5.41) is 2.95. The summed E-state index contributed by atoms with van der Waals surface area (Å²) in [5.41, 5.74) is 1.37. The predicted octanol–water partition coefficient (Wildman–Crippen LogP) is 4.46. The van der Waals surface area contributed by atoms with Gasteiger partial charge in [-0.05, 0) is 57.2 Å². The molecule has 1 fully saturated rings. The molecule has 31 heavy (non-hydrogen) atoms. The van der Waals surface area contributed by atoms with Crippen LogP contribution in [0, 0.1) is 0 Å². The minimum atomic E-state index is -0.503. The fourth-order valence-electron chi connectivity index (χ4n) is 3.12. The second-order valence-corrected chi connectivity index (χ2v) is 7.89. The monoisotopic (exact) mass is 441 g/mol. The van der Waals surface area contributed by atoms with Crippen molar-refractivity contribution < 1.29 is 19.1 Å². The molecule has 0 radical (unpaired) electrons. The Morgan fingerprint density at radius 2 is 1.77 bits per heavy atom. The molecule has 2 amide bonds. The molecule has 0 aromatic heterocycles. The summed E-state index contributed by atoms with van der Waals surface area (Å²) in [4.78, 5) is 31.6. The van der Waals surface area contributed by atoms with Gasteiger partial charge in [-0.25, -0.2) is 4.99 Å². The topological polar surface area (TPSA) is 80.2 Å². The molecule has 3 rings (SSSR count). The molecule has 0 spiro atoms. The Morgan fingerprint density at radius 3 is 2.45 bits per heavy atom. The van der Waals surface area contributed by atoms with Crippen LogP contribution in [-0.4, -0.2) is 46.9 Å². The van der Waals surface area contributed by atoms with Gasteiger partial charge in [-0.1, -0.05) is 17.8 Å². The second kappa shape index (κ2) is 10.9. The zero-order chi connectivity index (χ0) is 22.2. The van der Waals surface area contributed by atoms with Crippen molar-refractivity contribution in [1.82, 2.24) is 4.90 Å². The number of amidine groups is 1. The van der Waals surface area contributed by atoms with Gasteiger partial charge in [0.15, 0.2) is 5.17 Å². The summed E-state index contributed by atoms with van der Waals surface area (Å²) in [5.74, 6) is 1.14. The van der Waals surface area contributed by atoms with Crippen LogP contribution >= 0.6 is 11.8 Å². The van der Waals surface area contributed by atoms with E-state index in [1.165, 1.54) is 11.8 Å². The average Bonchev–Trinajstić information content (AvgIpc) is 3.04. The Hall–Kier alpha value is -3.00. The zero-order valence-electron chi connectivity index (χ0n) is 18.0. The van der Waals surface area contributed by atoms with Crippen molar-refractivity contribution in [3.63, 3.8) is 0 Å².